The van der Waals surface area contributed by atoms with E-state index in [-0.39, 0.29) is 31.1 Å². The first-order valence-electron chi connectivity index (χ1n) is 31.6. The van der Waals surface area contributed by atoms with Crippen LogP contribution >= 0.6 is 0 Å². The topological polar surface area (TPSA) is 78.9 Å². The van der Waals surface area contributed by atoms with Gasteiger partial charge in [0.15, 0.2) is 6.10 Å². The van der Waals surface area contributed by atoms with Crippen molar-refractivity contribution in [2.75, 3.05) is 13.2 Å². The summed E-state index contributed by atoms with van der Waals surface area (Å²) < 4.78 is 16.9. The van der Waals surface area contributed by atoms with Gasteiger partial charge in [-0.3, -0.25) is 14.4 Å². The summed E-state index contributed by atoms with van der Waals surface area (Å²) in [4.78, 5) is 38.1. The minimum absolute atomic E-state index is 0.0661. The summed E-state index contributed by atoms with van der Waals surface area (Å²) in [5.74, 6) is -0.848. The van der Waals surface area contributed by atoms with Crippen molar-refractivity contribution in [1.82, 2.24) is 0 Å². The number of allylic oxidation sites excluding steroid dienone is 8. The lowest BCUT2D eigenvalue weighted by Crippen LogP contribution is -2.30. The van der Waals surface area contributed by atoms with Crippen molar-refractivity contribution in [3.8, 4) is 0 Å². The zero-order valence-corrected chi connectivity index (χ0v) is 48.2. The zero-order valence-electron chi connectivity index (χ0n) is 48.2. The summed E-state index contributed by atoms with van der Waals surface area (Å²) in [5, 5.41) is 0. The first kappa shape index (κ1) is 69.4. The Morgan fingerprint density at radius 2 is 0.542 bits per heavy atom. The molecule has 6 heteroatoms. The van der Waals surface area contributed by atoms with E-state index < -0.39 is 6.10 Å². The minimum Gasteiger partial charge on any atom is -0.462 e. The van der Waals surface area contributed by atoms with E-state index in [1.807, 2.05) is 0 Å². The summed E-state index contributed by atoms with van der Waals surface area (Å²) in [6.07, 6.45) is 75.7. The summed E-state index contributed by atoms with van der Waals surface area (Å²) >= 11 is 0. The van der Waals surface area contributed by atoms with Crippen LogP contribution in [0.1, 0.15) is 335 Å². The van der Waals surface area contributed by atoms with Crippen molar-refractivity contribution in [3.63, 3.8) is 0 Å². The van der Waals surface area contributed by atoms with Crippen LogP contribution in [0.5, 0.6) is 0 Å². The smallest absolute Gasteiger partial charge is 0.306 e. The molecule has 6 nitrogen and oxygen atoms in total. The summed E-state index contributed by atoms with van der Waals surface area (Å²) in [7, 11) is 0. The van der Waals surface area contributed by atoms with Crippen LogP contribution in [0.15, 0.2) is 48.6 Å². The molecule has 0 aromatic carbocycles. The molecule has 0 amide bonds. The third-order valence-electron chi connectivity index (χ3n) is 14.1. The number of rotatable bonds is 58. The molecule has 0 aliphatic carbocycles. The van der Waals surface area contributed by atoms with Gasteiger partial charge in [-0.25, -0.2) is 0 Å². The fraction of sp³-hybridized carbons (Fsp3) is 0.833. The number of hydrogen-bond donors (Lipinski definition) is 0. The average molecular weight is 1010 g/mol. The molecule has 1 atom stereocenters. The van der Waals surface area contributed by atoms with E-state index in [9.17, 15) is 14.4 Å². The molecular formula is C66H120O6. The Balaban J connectivity index is 4.04. The van der Waals surface area contributed by atoms with Gasteiger partial charge >= 0.3 is 17.9 Å². The number of unbranched alkanes of at least 4 members (excludes halogenated alkanes) is 39. The van der Waals surface area contributed by atoms with Crippen molar-refractivity contribution in [2.24, 2.45) is 0 Å². The van der Waals surface area contributed by atoms with Gasteiger partial charge in [-0.1, -0.05) is 307 Å². The molecule has 0 aromatic heterocycles. The molecule has 0 saturated carbocycles. The van der Waals surface area contributed by atoms with Gasteiger partial charge in [-0.2, -0.15) is 0 Å². The van der Waals surface area contributed by atoms with Crippen LogP contribution in [0.4, 0.5) is 0 Å². The maximum Gasteiger partial charge on any atom is 0.306 e. The van der Waals surface area contributed by atoms with Crippen LogP contribution in [-0.2, 0) is 28.6 Å². The third kappa shape index (κ3) is 58.3. The number of ether oxygens (including phenoxy) is 3. The summed E-state index contributed by atoms with van der Waals surface area (Å²) in [5.41, 5.74) is 0. The van der Waals surface area contributed by atoms with Gasteiger partial charge < -0.3 is 14.2 Å². The Kier molecular flexibility index (Phi) is 58.7. The molecule has 0 aliphatic rings. The Morgan fingerprint density at radius 1 is 0.292 bits per heavy atom. The molecule has 0 aromatic rings. The monoisotopic (exact) mass is 1010 g/mol. The summed E-state index contributed by atoms with van der Waals surface area (Å²) in [6.45, 7) is 6.55. The van der Waals surface area contributed by atoms with Crippen LogP contribution < -0.4 is 0 Å². The first-order chi connectivity index (χ1) is 35.5. The first-order valence-corrected chi connectivity index (χ1v) is 31.6. The van der Waals surface area contributed by atoms with Crippen molar-refractivity contribution < 1.29 is 28.6 Å². The second kappa shape index (κ2) is 60.9. The number of esters is 3. The fourth-order valence-electron chi connectivity index (χ4n) is 9.38. The SMILES string of the molecule is CC/C=C\C/C=C\C/C=C\C/C=C\CCCCCCCCCCCCCCCCCCCCC(=O)OCC(COC(=O)CCCCCCCCCCC)OC(=O)CCCCCCCCCCCCCCCC. The fourth-order valence-corrected chi connectivity index (χ4v) is 9.38. The van der Waals surface area contributed by atoms with Gasteiger partial charge in [0, 0.05) is 19.3 Å². The van der Waals surface area contributed by atoms with Crippen LogP contribution in [0, 0.1) is 0 Å². The molecule has 1 unspecified atom stereocenters. The zero-order chi connectivity index (χ0) is 52.2. The van der Waals surface area contributed by atoms with Crippen molar-refractivity contribution in [2.45, 2.75) is 341 Å². The normalized spacial score (nSPS) is 12.3. The van der Waals surface area contributed by atoms with Gasteiger partial charge in [-0.15, -0.1) is 0 Å². The Labute approximate surface area is 448 Å². The molecular weight excluding hydrogens is 889 g/mol. The molecule has 0 N–H and O–H groups in total. The van der Waals surface area contributed by atoms with Crippen molar-refractivity contribution in [3.05, 3.63) is 48.6 Å². The second-order valence-electron chi connectivity index (χ2n) is 21.3. The van der Waals surface area contributed by atoms with E-state index in [0.29, 0.717) is 19.3 Å². The van der Waals surface area contributed by atoms with E-state index in [4.69, 9.17) is 14.2 Å². The Hall–Kier alpha value is -2.63. The van der Waals surface area contributed by atoms with Crippen molar-refractivity contribution in [1.29, 1.82) is 0 Å². The van der Waals surface area contributed by atoms with Gasteiger partial charge in [0.2, 0.25) is 0 Å². The molecule has 72 heavy (non-hydrogen) atoms. The van der Waals surface area contributed by atoms with E-state index in [0.717, 1.165) is 83.5 Å². The van der Waals surface area contributed by atoms with Crippen molar-refractivity contribution >= 4 is 17.9 Å². The van der Waals surface area contributed by atoms with Crippen LogP contribution in [-0.4, -0.2) is 37.2 Å². The third-order valence-corrected chi connectivity index (χ3v) is 14.1. The molecule has 420 valence electrons. The van der Waals surface area contributed by atoms with Gasteiger partial charge in [0.05, 0.1) is 0 Å². The van der Waals surface area contributed by atoms with E-state index in [2.05, 4.69) is 69.4 Å². The van der Waals surface area contributed by atoms with Crippen LogP contribution in [0.25, 0.3) is 0 Å². The highest BCUT2D eigenvalue weighted by atomic mass is 16.6. The van der Waals surface area contributed by atoms with E-state index in [1.54, 1.807) is 0 Å². The Morgan fingerprint density at radius 3 is 0.847 bits per heavy atom. The molecule has 0 rings (SSSR count). The molecule has 0 radical (unpaired) electrons. The molecule has 0 fully saturated rings. The van der Waals surface area contributed by atoms with Gasteiger partial charge in [0.25, 0.3) is 0 Å². The molecule has 0 aliphatic heterocycles. The highest BCUT2D eigenvalue weighted by molar-refractivity contribution is 5.71. The van der Waals surface area contributed by atoms with Crippen LogP contribution in [0.2, 0.25) is 0 Å². The lowest BCUT2D eigenvalue weighted by atomic mass is 10.0. The maximum atomic E-state index is 12.8. The lowest BCUT2D eigenvalue weighted by molar-refractivity contribution is -0.167. The number of hydrogen-bond acceptors (Lipinski definition) is 6. The summed E-state index contributed by atoms with van der Waals surface area (Å²) in [6, 6.07) is 0. The highest BCUT2D eigenvalue weighted by Gasteiger charge is 2.19. The van der Waals surface area contributed by atoms with Crippen LogP contribution in [0.3, 0.4) is 0 Å². The lowest BCUT2D eigenvalue weighted by Gasteiger charge is -2.18. The van der Waals surface area contributed by atoms with Gasteiger partial charge in [0.1, 0.15) is 13.2 Å². The minimum atomic E-state index is -0.765. The molecule has 0 saturated heterocycles. The average Bonchev–Trinajstić information content (AvgIpc) is 3.38. The predicted molar refractivity (Wildman–Crippen MR) is 312 cm³/mol. The predicted octanol–water partition coefficient (Wildman–Crippen LogP) is 21.4. The van der Waals surface area contributed by atoms with E-state index >= 15 is 0 Å². The maximum absolute atomic E-state index is 12.8. The van der Waals surface area contributed by atoms with E-state index in [1.165, 1.54) is 212 Å². The standard InChI is InChI=1S/C66H120O6/c1-4-7-10-13-16-19-21-23-25-26-27-28-29-30-31-32-33-34-35-36-37-38-39-40-41-43-44-47-50-53-56-59-65(68)71-62-63(61-70-64(67)58-55-52-49-46-18-15-12-9-6-3)72-66(69)60-57-54-51-48-45-42-24-22-20-17-14-11-8-5-2/h7,10,16,19,23,25,27-28,63H,4-6,8-9,11-15,17-18,20-22,24,26,29-62H2,1-3H3/b10-7-,19-16-,25-23-,28-27-. The highest BCUT2D eigenvalue weighted by Crippen LogP contribution is 2.18. The van der Waals surface area contributed by atoms with Gasteiger partial charge in [-0.05, 0) is 57.8 Å². The largest absolute Gasteiger partial charge is 0.462 e. The second-order valence-corrected chi connectivity index (χ2v) is 21.3. The molecule has 0 bridgehead atoms. The Bertz CT molecular complexity index is 1250. The number of carbonyl (C=O) groups excluding carboxylic acids is 3. The quantitative estimate of drug-likeness (QED) is 0.0261. The molecule has 0 heterocycles. The number of carbonyl (C=O) groups is 3. The molecule has 0 spiro atoms.